The number of benzene rings is 1. The molecule has 1 fully saturated rings. The zero-order valence-electron chi connectivity index (χ0n) is 8.20. The third kappa shape index (κ3) is 2.29. The van der Waals surface area contributed by atoms with E-state index in [1.165, 1.54) is 12.1 Å². The van der Waals surface area contributed by atoms with Crippen molar-refractivity contribution in [2.45, 2.75) is 25.2 Å². The second kappa shape index (κ2) is 3.93. The number of carbonyl (C=O) groups is 2. The van der Waals surface area contributed by atoms with Crippen LogP contribution in [0.2, 0.25) is 0 Å². The van der Waals surface area contributed by atoms with E-state index in [4.69, 9.17) is 0 Å². The van der Waals surface area contributed by atoms with E-state index < -0.39 is 0 Å². The number of halogens is 1. The van der Waals surface area contributed by atoms with E-state index in [9.17, 15) is 14.0 Å². The van der Waals surface area contributed by atoms with Crippen LogP contribution >= 0.6 is 0 Å². The lowest BCUT2D eigenvalue weighted by atomic mass is 9.83. The van der Waals surface area contributed by atoms with E-state index in [2.05, 4.69) is 0 Å². The van der Waals surface area contributed by atoms with Crippen molar-refractivity contribution in [2.75, 3.05) is 0 Å². The van der Waals surface area contributed by atoms with Crippen molar-refractivity contribution in [1.82, 2.24) is 0 Å². The Balaban J connectivity index is 2.19. The summed E-state index contributed by atoms with van der Waals surface area (Å²) in [5.74, 6) is -0.382. The zero-order valence-corrected chi connectivity index (χ0v) is 8.20. The monoisotopic (exact) mass is 206 g/mol. The van der Waals surface area contributed by atoms with Crippen LogP contribution in [0.4, 0.5) is 4.39 Å². The largest absolute Gasteiger partial charge is 0.299 e. The van der Waals surface area contributed by atoms with Crippen LogP contribution in [0, 0.1) is 5.82 Å². The molecule has 0 atom stereocenters. The number of Topliss-reactive ketones (excluding diaryl/α,β-unsaturated/α-hetero) is 2. The van der Waals surface area contributed by atoms with Crippen molar-refractivity contribution in [2.24, 2.45) is 0 Å². The summed E-state index contributed by atoms with van der Waals surface area (Å²) >= 11 is 0. The molecule has 0 N–H and O–H groups in total. The molecule has 0 saturated heterocycles. The van der Waals surface area contributed by atoms with Gasteiger partial charge >= 0.3 is 0 Å². The first-order valence-electron chi connectivity index (χ1n) is 4.94. The lowest BCUT2D eigenvalue weighted by Gasteiger charge is -2.20. The van der Waals surface area contributed by atoms with Gasteiger partial charge in [-0.25, -0.2) is 4.39 Å². The average Bonchev–Trinajstić information content (AvgIpc) is 2.17. The number of carbonyl (C=O) groups excluding carboxylic acids is 2. The maximum Gasteiger partial charge on any atom is 0.140 e. The van der Waals surface area contributed by atoms with Gasteiger partial charge in [0.05, 0.1) is 6.42 Å². The maximum atomic E-state index is 12.7. The molecule has 0 unspecified atom stereocenters. The van der Waals surface area contributed by atoms with Crippen LogP contribution in [0.5, 0.6) is 0 Å². The van der Waals surface area contributed by atoms with Gasteiger partial charge in [-0.2, -0.15) is 0 Å². The van der Waals surface area contributed by atoms with E-state index in [-0.39, 0.29) is 29.7 Å². The molecule has 1 aliphatic carbocycles. The number of rotatable bonds is 1. The van der Waals surface area contributed by atoms with E-state index >= 15 is 0 Å². The fraction of sp³-hybridized carbons (Fsp3) is 0.333. The molecule has 0 heterocycles. The Morgan fingerprint density at radius 3 is 2.07 bits per heavy atom. The summed E-state index contributed by atoms with van der Waals surface area (Å²) in [6, 6.07) is 6.01. The van der Waals surface area contributed by atoms with Crippen molar-refractivity contribution in [3.63, 3.8) is 0 Å². The molecule has 0 aromatic heterocycles. The van der Waals surface area contributed by atoms with Crippen LogP contribution in [0.25, 0.3) is 0 Å². The highest BCUT2D eigenvalue weighted by atomic mass is 19.1. The van der Waals surface area contributed by atoms with Gasteiger partial charge in [-0.1, -0.05) is 12.1 Å². The number of hydrogen-bond acceptors (Lipinski definition) is 2. The quantitative estimate of drug-likeness (QED) is 0.660. The summed E-state index contributed by atoms with van der Waals surface area (Å²) in [5, 5.41) is 0. The second-order valence-corrected chi connectivity index (χ2v) is 3.91. The molecule has 0 aliphatic heterocycles. The molecule has 0 amide bonds. The predicted molar refractivity (Wildman–Crippen MR) is 53.0 cm³/mol. The molecule has 2 nitrogen and oxygen atoms in total. The van der Waals surface area contributed by atoms with E-state index in [0.717, 1.165) is 5.56 Å². The topological polar surface area (TPSA) is 34.1 Å². The van der Waals surface area contributed by atoms with Crippen LogP contribution < -0.4 is 0 Å². The Morgan fingerprint density at radius 2 is 1.53 bits per heavy atom. The van der Waals surface area contributed by atoms with Gasteiger partial charge < -0.3 is 0 Å². The van der Waals surface area contributed by atoms with Gasteiger partial charge in [-0.3, -0.25) is 9.59 Å². The molecule has 1 aromatic carbocycles. The van der Waals surface area contributed by atoms with Gasteiger partial charge in [0, 0.05) is 12.8 Å². The van der Waals surface area contributed by atoms with Gasteiger partial charge in [0.15, 0.2) is 0 Å². The highest BCUT2D eigenvalue weighted by molar-refractivity contribution is 6.02. The normalized spacial score (nSPS) is 18.2. The zero-order chi connectivity index (χ0) is 10.8. The average molecular weight is 206 g/mol. The van der Waals surface area contributed by atoms with Crippen molar-refractivity contribution < 1.29 is 14.0 Å². The lowest BCUT2D eigenvalue weighted by molar-refractivity contribution is -0.130. The molecule has 3 heteroatoms. The first-order valence-corrected chi connectivity index (χ1v) is 4.94. The minimum atomic E-state index is -0.299. The minimum Gasteiger partial charge on any atom is -0.299 e. The highest BCUT2D eigenvalue weighted by Gasteiger charge is 2.26. The lowest BCUT2D eigenvalue weighted by Crippen LogP contribution is -2.21. The summed E-state index contributed by atoms with van der Waals surface area (Å²) in [7, 11) is 0. The van der Waals surface area contributed by atoms with Crippen LogP contribution in [0.15, 0.2) is 24.3 Å². The molecule has 0 radical (unpaired) electrons. The third-order valence-corrected chi connectivity index (χ3v) is 2.68. The second-order valence-electron chi connectivity index (χ2n) is 3.91. The Kier molecular flexibility index (Phi) is 2.62. The Morgan fingerprint density at radius 1 is 1.00 bits per heavy atom. The Labute approximate surface area is 87.1 Å². The van der Waals surface area contributed by atoms with Crippen molar-refractivity contribution >= 4 is 11.6 Å². The standard InChI is InChI=1S/C12H11FO2/c13-10-3-1-8(2-4-10)9-5-11(14)7-12(15)6-9/h1-4,9H,5-7H2. The molecule has 1 aromatic rings. The van der Waals surface area contributed by atoms with E-state index in [1.807, 2.05) is 0 Å². The van der Waals surface area contributed by atoms with Gasteiger partial charge in [-0.15, -0.1) is 0 Å². The van der Waals surface area contributed by atoms with Crippen LogP contribution in [-0.2, 0) is 9.59 Å². The van der Waals surface area contributed by atoms with Crippen molar-refractivity contribution in [3.05, 3.63) is 35.6 Å². The fourth-order valence-corrected chi connectivity index (χ4v) is 1.96. The summed E-state index contributed by atoms with van der Waals surface area (Å²) < 4.78 is 12.7. The fourth-order valence-electron chi connectivity index (χ4n) is 1.96. The van der Waals surface area contributed by atoms with Gasteiger partial charge in [0.25, 0.3) is 0 Å². The SMILES string of the molecule is O=C1CC(=O)CC(c2ccc(F)cc2)C1. The third-order valence-electron chi connectivity index (χ3n) is 2.68. The molecule has 0 spiro atoms. The van der Waals surface area contributed by atoms with Crippen molar-refractivity contribution in [1.29, 1.82) is 0 Å². The van der Waals surface area contributed by atoms with Gasteiger partial charge in [-0.05, 0) is 23.6 Å². The molecule has 1 aliphatic rings. The van der Waals surface area contributed by atoms with Crippen molar-refractivity contribution in [3.8, 4) is 0 Å². The predicted octanol–water partition coefficient (Wildman–Crippen LogP) is 2.23. The van der Waals surface area contributed by atoms with Gasteiger partial charge in [0.1, 0.15) is 17.4 Å². The molecular weight excluding hydrogens is 195 g/mol. The number of ketones is 2. The van der Waals surface area contributed by atoms with E-state index in [1.54, 1.807) is 12.1 Å². The molecule has 2 rings (SSSR count). The Hall–Kier alpha value is -1.51. The molecule has 0 bridgehead atoms. The highest BCUT2D eigenvalue weighted by Crippen LogP contribution is 2.29. The Bertz CT molecular complexity index is 379. The van der Waals surface area contributed by atoms with Crippen LogP contribution in [-0.4, -0.2) is 11.6 Å². The molecule has 78 valence electrons. The summed E-state index contributed by atoms with van der Waals surface area (Å²) in [5.41, 5.74) is 0.873. The summed E-state index contributed by atoms with van der Waals surface area (Å²) in [6.07, 6.45) is 0.867. The van der Waals surface area contributed by atoms with Gasteiger partial charge in [0.2, 0.25) is 0 Å². The molecular formula is C12H11FO2. The van der Waals surface area contributed by atoms with Crippen LogP contribution in [0.1, 0.15) is 30.7 Å². The number of hydrogen-bond donors (Lipinski definition) is 0. The van der Waals surface area contributed by atoms with Crippen LogP contribution in [0.3, 0.4) is 0 Å². The summed E-state index contributed by atoms with van der Waals surface area (Å²) in [6.45, 7) is 0. The maximum absolute atomic E-state index is 12.7. The molecule has 1 saturated carbocycles. The smallest absolute Gasteiger partial charge is 0.140 e. The molecule has 15 heavy (non-hydrogen) atoms. The first kappa shape index (κ1) is 10.0. The first-order chi connectivity index (χ1) is 7.15. The minimum absolute atomic E-state index is 0.0134. The van der Waals surface area contributed by atoms with E-state index in [0.29, 0.717) is 12.8 Å². The summed E-state index contributed by atoms with van der Waals surface area (Å²) in [4.78, 5) is 22.5.